The summed E-state index contributed by atoms with van der Waals surface area (Å²) in [4.78, 5) is 56.9. The summed E-state index contributed by atoms with van der Waals surface area (Å²) in [6, 6.07) is 0.596. The summed E-state index contributed by atoms with van der Waals surface area (Å²) in [5, 5.41) is 41.0. The molecular weight excluding hydrogens is 433 g/mol. The molecule has 0 spiro atoms. The smallest absolute Gasteiger partial charge is 0.341 e. The zero-order valence-electron chi connectivity index (χ0n) is 16.9. The number of carboxylic acid groups (broad SMARTS) is 3. The third-order valence-corrected chi connectivity index (χ3v) is 4.30. The van der Waals surface area contributed by atoms with E-state index in [4.69, 9.17) is 10.2 Å². The van der Waals surface area contributed by atoms with Crippen LogP contribution in [0.15, 0.2) is 24.3 Å². The average Bonchev–Trinajstić information content (AvgIpc) is 2.72. The van der Waals surface area contributed by atoms with Gasteiger partial charge in [0.1, 0.15) is 17.9 Å². The molecule has 6 N–H and O–H groups in total. The summed E-state index contributed by atoms with van der Waals surface area (Å²) in [5.74, 6) is -5.27. The summed E-state index contributed by atoms with van der Waals surface area (Å²) < 4.78 is 12.9. The van der Waals surface area contributed by atoms with Gasteiger partial charge in [-0.2, -0.15) is 0 Å². The monoisotopic (exact) mass is 457 g/mol. The Hall–Kier alpha value is -3.74. The fraction of sp³-hybridized carbons (Fsp3) is 0.421. The number of aliphatic carboxylic acids is 3. The minimum Gasteiger partial charge on any atom is -0.481 e. The van der Waals surface area contributed by atoms with Gasteiger partial charge >= 0.3 is 23.9 Å². The van der Waals surface area contributed by atoms with Gasteiger partial charge in [-0.15, -0.1) is 0 Å². The van der Waals surface area contributed by atoms with Crippen molar-refractivity contribution in [1.82, 2.24) is 15.7 Å². The summed E-state index contributed by atoms with van der Waals surface area (Å²) >= 11 is 0. The van der Waals surface area contributed by atoms with E-state index < -0.39 is 54.2 Å². The van der Waals surface area contributed by atoms with Crippen LogP contribution in [-0.4, -0.2) is 74.1 Å². The Bertz CT molecular complexity index is 832. The molecule has 3 amide bonds. The summed E-state index contributed by atoms with van der Waals surface area (Å²) in [6.07, 6.45) is -0.616. The van der Waals surface area contributed by atoms with Crippen molar-refractivity contribution in [3.8, 4) is 0 Å². The van der Waals surface area contributed by atoms with Gasteiger partial charge in [0.15, 0.2) is 0 Å². The van der Waals surface area contributed by atoms with E-state index in [0.29, 0.717) is 0 Å². The van der Waals surface area contributed by atoms with Crippen LogP contribution in [-0.2, 0) is 14.4 Å². The molecule has 1 aromatic carbocycles. The number of urea groups is 1. The zero-order valence-corrected chi connectivity index (χ0v) is 16.9. The summed E-state index contributed by atoms with van der Waals surface area (Å²) in [6.45, 7) is -0.269. The molecule has 12 nitrogen and oxygen atoms in total. The predicted octanol–water partition coefficient (Wildman–Crippen LogP) is 0.898. The number of nitrogens with zero attached hydrogens (tertiary/aromatic N) is 1. The second kappa shape index (κ2) is 12.8. The van der Waals surface area contributed by atoms with Gasteiger partial charge in [-0.1, -0.05) is 0 Å². The number of carboxylic acids is 3. The number of unbranched alkanes of at least 4 members (excludes halogenated alkanes) is 1. The van der Waals surface area contributed by atoms with Crippen LogP contribution < -0.4 is 10.6 Å². The molecule has 0 radical (unpaired) electrons. The number of carbonyl (C=O) groups excluding carboxylic acids is 2. The molecule has 0 aliphatic heterocycles. The number of hydrogen-bond acceptors (Lipinski definition) is 6. The Morgan fingerprint density at radius 2 is 1.44 bits per heavy atom. The first-order valence-electron chi connectivity index (χ1n) is 9.52. The topological polar surface area (TPSA) is 194 Å². The van der Waals surface area contributed by atoms with Gasteiger partial charge in [0.25, 0.3) is 5.91 Å². The SMILES string of the molecule is O=C(O)CC[C@H](NC(=O)N(O)CCCC[C@H](NC(=O)c1ccc(F)cc1)C(=O)O)C(=O)O. The van der Waals surface area contributed by atoms with Crippen molar-refractivity contribution < 1.29 is 48.9 Å². The number of nitrogens with one attached hydrogen (secondary N) is 2. The summed E-state index contributed by atoms with van der Waals surface area (Å²) in [7, 11) is 0. The predicted molar refractivity (Wildman–Crippen MR) is 104 cm³/mol. The van der Waals surface area contributed by atoms with E-state index in [9.17, 15) is 38.7 Å². The van der Waals surface area contributed by atoms with Crippen LogP contribution >= 0.6 is 0 Å². The molecule has 0 heterocycles. The molecule has 0 fully saturated rings. The molecule has 176 valence electrons. The minimum atomic E-state index is -1.51. The lowest BCUT2D eigenvalue weighted by molar-refractivity contribution is -0.141. The Labute approximate surface area is 181 Å². The van der Waals surface area contributed by atoms with E-state index in [1.807, 2.05) is 5.32 Å². The molecule has 0 bridgehead atoms. The highest BCUT2D eigenvalue weighted by molar-refractivity contribution is 5.96. The first-order chi connectivity index (χ1) is 15.0. The highest BCUT2D eigenvalue weighted by Gasteiger charge is 2.24. The van der Waals surface area contributed by atoms with Gasteiger partial charge in [0.05, 0.1) is 6.54 Å². The second-order valence-corrected chi connectivity index (χ2v) is 6.76. The number of benzene rings is 1. The van der Waals surface area contributed by atoms with Crippen molar-refractivity contribution in [2.75, 3.05) is 6.54 Å². The molecule has 0 unspecified atom stereocenters. The Morgan fingerprint density at radius 3 is 1.97 bits per heavy atom. The molecule has 0 aliphatic rings. The molecule has 1 rings (SSSR count). The van der Waals surface area contributed by atoms with Gasteiger partial charge < -0.3 is 26.0 Å². The van der Waals surface area contributed by atoms with Crippen LogP contribution in [0.3, 0.4) is 0 Å². The fourth-order valence-corrected chi connectivity index (χ4v) is 2.56. The van der Waals surface area contributed by atoms with Gasteiger partial charge in [-0.05, 0) is 49.9 Å². The lowest BCUT2D eigenvalue weighted by atomic mass is 10.1. The van der Waals surface area contributed by atoms with Crippen LogP contribution in [0.2, 0.25) is 0 Å². The van der Waals surface area contributed by atoms with Crippen molar-refractivity contribution >= 4 is 29.8 Å². The third-order valence-electron chi connectivity index (χ3n) is 4.30. The Kier molecular flexibility index (Phi) is 10.6. The molecule has 0 saturated carbocycles. The van der Waals surface area contributed by atoms with Gasteiger partial charge in [0, 0.05) is 12.0 Å². The third kappa shape index (κ3) is 9.38. The number of rotatable bonds is 13. The van der Waals surface area contributed by atoms with Crippen molar-refractivity contribution in [1.29, 1.82) is 0 Å². The molecular formula is C19H24FN3O9. The van der Waals surface area contributed by atoms with E-state index in [-0.39, 0.29) is 42.9 Å². The quantitative estimate of drug-likeness (QED) is 0.142. The van der Waals surface area contributed by atoms with Crippen molar-refractivity contribution in [2.45, 2.75) is 44.2 Å². The van der Waals surface area contributed by atoms with Crippen LogP contribution in [0.1, 0.15) is 42.5 Å². The number of amides is 3. The first kappa shape index (κ1) is 26.3. The van der Waals surface area contributed by atoms with Gasteiger partial charge in [-0.3, -0.25) is 14.8 Å². The highest BCUT2D eigenvalue weighted by atomic mass is 19.1. The maximum Gasteiger partial charge on any atom is 0.341 e. The van der Waals surface area contributed by atoms with Crippen molar-refractivity contribution in [3.63, 3.8) is 0 Å². The van der Waals surface area contributed by atoms with Crippen LogP contribution in [0.5, 0.6) is 0 Å². The standard InChI is InChI=1S/C19H24FN3O9/c20-12-6-4-11(5-7-12)16(26)21-13(17(27)28)3-1-2-10-23(32)19(31)22-14(18(29)30)8-9-15(24)25/h4-7,13-14,32H,1-3,8-10H2,(H,21,26)(H,22,31)(H,24,25)(H,27,28)(H,29,30)/t13-,14-/m0/s1. The van der Waals surface area contributed by atoms with Crippen molar-refractivity contribution in [3.05, 3.63) is 35.6 Å². The Balaban J connectivity index is 2.47. The molecule has 0 aliphatic carbocycles. The lowest BCUT2D eigenvalue weighted by Crippen LogP contribution is -2.47. The first-order valence-corrected chi connectivity index (χ1v) is 9.52. The highest BCUT2D eigenvalue weighted by Crippen LogP contribution is 2.07. The number of halogens is 1. The zero-order chi connectivity index (χ0) is 24.3. The fourth-order valence-electron chi connectivity index (χ4n) is 2.56. The Morgan fingerprint density at radius 1 is 0.875 bits per heavy atom. The molecule has 2 atom stereocenters. The largest absolute Gasteiger partial charge is 0.481 e. The van der Waals surface area contributed by atoms with E-state index in [0.717, 1.165) is 12.1 Å². The molecule has 0 aromatic heterocycles. The van der Waals surface area contributed by atoms with E-state index >= 15 is 0 Å². The minimum absolute atomic E-state index is 0.0336. The van der Waals surface area contributed by atoms with Gasteiger partial charge in [0.2, 0.25) is 0 Å². The average molecular weight is 457 g/mol. The molecule has 13 heteroatoms. The maximum atomic E-state index is 12.9. The molecule has 32 heavy (non-hydrogen) atoms. The maximum absolute atomic E-state index is 12.9. The number of hydrogen-bond donors (Lipinski definition) is 6. The lowest BCUT2D eigenvalue weighted by Gasteiger charge is -2.20. The van der Waals surface area contributed by atoms with E-state index in [2.05, 4.69) is 5.32 Å². The van der Waals surface area contributed by atoms with E-state index in [1.165, 1.54) is 12.1 Å². The molecule has 0 saturated heterocycles. The van der Waals surface area contributed by atoms with E-state index in [1.54, 1.807) is 0 Å². The van der Waals surface area contributed by atoms with Gasteiger partial charge in [-0.25, -0.2) is 23.8 Å². The van der Waals surface area contributed by atoms with Crippen molar-refractivity contribution in [2.24, 2.45) is 0 Å². The summed E-state index contributed by atoms with van der Waals surface area (Å²) in [5.41, 5.74) is 0.0757. The normalized spacial score (nSPS) is 12.3. The number of carbonyl (C=O) groups is 5. The van der Waals surface area contributed by atoms with Crippen LogP contribution in [0.4, 0.5) is 9.18 Å². The second-order valence-electron chi connectivity index (χ2n) is 6.76. The molecule has 1 aromatic rings. The van der Waals surface area contributed by atoms with Crippen LogP contribution in [0.25, 0.3) is 0 Å². The van der Waals surface area contributed by atoms with Crippen LogP contribution in [0, 0.1) is 5.82 Å². The number of hydroxylamine groups is 2.